The van der Waals surface area contributed by atoms with Crippen LogP contribution in [-0.2, 0) is 14.1 Å². The SMILES string of the molecule is Cc1cc2c(cc1NC(=O)N1CCC[C@H](c3ccn[nH]3)C1)n(C)c(=O)n2C. The molecule has 3 heterocycles. The van der Waals surface area contributed by atoms with Crippen LogP contribution in [0.4, 0.5) is 10.5 Å². The van der Waals surface area contributed by atoms with Crippen LogP contribution in [0.25, 0.3) is 11.0 Å². The second-order valence-electron chi connectivity index (χ2n) is 7.28. The Morgan fingerprint density at radius 3 is 2.70 bits per heavy atom. The third-order valence-corrected chi connectivity index (χ3v) is 5.53. The molecule has 1 atom stereocenters. The van der Waals surface area contributed by atoms with Crippen molar-refractivity contribution in [3.63, 3.8) is 0 Å². The molecule has 1 aromatic carbocycles. The number of urea groups is 1. The Kier molecular flexibility index (Phi) is 4.25. The van der Waals surface area contributed by atoms with Crippen molar-refractivity contribution in [1.82, 2.24) is 24.2 Å². The average molecular weight is 368 g/mol. The zero-order valence-corrected chi connectivity index (χ0v) is 15.8. The van der Waals surface area contributed by atoms with Gasteiger partial charge in [-0.1, -0.05) is 0 Å². The number of imidazole rings is 1. The Hall–Kier alpha value is -3.03. The zero-order valence-electron chi connectivity index (χ0n) is 15.8. The molecule has 1 aliphatic heterocycles. The minimum atomic E-state index is -0.109. The first-order chi connectivity index (χ1) is 13.0. The summed E-state index contributed by atoms with van der Waals surface area (Å²) in [6.07, 6.45) is 3.75. The standard InChI is InChI=1S/C19H24N6O2/c1-12-9-16-17(24(3)19(27)23(16)2)10-15(12)21-18(26)25-8-4-5-13(11-25)14-6-7-20-22-14/h6-7,9-10,13H,4-5,8,11H2,1-3H3,(H,20,22)(H,21,26)/t13-/m0/s1. The first kappa shape index (κ1) is 17.4. The highest BCUT2D eigenvalue weighted by Gasteiger charge is 2.26. The third-order valence-electron chi connectivity index (χ3n) is 5.53. The number of piperidine rings is 1. The molecule has 0 radical (unpaired) electrons. The van der Waals surface area contributed by atoms with Gasteiger partial charge in [0.2, 0.25) is 0 Å². The van der Waals surface area contributed by atoms with Gasteiger partial charge in [0.15, 0.2) is 0 Å². The van der Waals surface area contributed by atoms with E-state index in [1.54, 1.807) is 29.4 Å². The van der Waals surface area contributed by atoms with Crippen molar-refractivity contribution in [3.05, 3.63) is 46.1 Å². The van der Waals surface area contributed by atoms with Gasteiger partial charge < -0.3 is 10.2 Å². The Bertz CT molecular complexity index is 1050. The Labute approximate surface area is 156 Å². The summed E-state index contributed by atoms with van der Waals surface area (Å²) < 4.78 is 3.22. The number of hydrogen-bond donors (Lipinski definition) is 2. The van der Waals surface area contributed by atoms with Gasteiger partial charge in [0.25, 0.3) is 0 Å². The van der Waals surface area contributed by atoms with Crippen molar-refractivity contribution in [2.75, 3.05) is 18.4 Å². The van der Waals surface area contributed by atoms with Gasteiger partial charge in [-0.25, -0.2) is 9.59 Å². The number of carbonyl (C=O) groups excluding carboxylic acids is 1. The molecule has 0 spiro atoms. The molecule has 0 aliphatic carbocycles. The molecule has 8 heteroatoms. The van der Waals surface area contributed by atoms with Crippen molar-refractivity contribution >= 4 is 22.8 Å². The van der Waals surface area contributed by atoms with Gasteiger partial charge in [0.1, 0.15) is 0 Å². The summed E-state index contributed by atoms with van der Waals surface area (Å²) in [4.78, 5) is 26.8. The van der Waals surface area contributed by atoms with E-state index in [0.717, 1.165) is 47.4 Å². The summed E-state index contributed by atoms with van der Waals surface area (Å²) in [6.45, 7) is 3.34. The minimum Gasteiger partial charge on any atom is -0.324 e. The van der Waals surface area contributed by atoms with E-state index in [9.17, 15) is 9.59 Å². The summed E-state index contributed by atoms with van der Waals surface area (Å²) in [7, 11) is 3.50. The van der Waals surface area contributed by atoms with Crippen LogP contribution in [0.3, 0.4) is 0 Å². The molecule has 8 nitrogen and oxygen atoms in total. The molecule has 4 rings (SSSR count). The molecule has 2 amide bonds. The highest BCUT2D eigenvalue weighted by molar-refractivity contribution is 5.93. The molecule has 0 unspecified atom stereocenters. The molecule has 1 fully saturated rings. The van der Waals surface area contributed by atoms with Gasteiger partial charge in [-0.3, -0.25) is 14.2 Å². The highest BCUT2D eigenvalue weighted by Crippen LogP contribution is 2.27. The second-order valence-corrected chi connectivity index (χ2v) is 7.28. The van der Waals surface area contributed by atoms with Gasteiger partial charge in [0, 0.05) is 50.7 Å². The van der Waals surface area contributed by atoms with Gasteiger partial charge in [-0.05, 0) is 43.5 Å². The monoisotopic (exact) mass is 368 g/mol. The second kappa shape index (κ2) is 6.61. The lowest BCUT2D eigenvalue weighted by Gasteiger charge is -2.32. The molecule has 0 saturated carbocycles. The number of aromatic amines is 1. The first-order valence-corrected chi connectivity index (χ1v) is 9.17. The van der Waals surface area contributed by atoms with E-state index < -0.39 is 0 Å². The first-order valence-electron chi connectivity index (χ1n) is 9.17. The number of aryl methyl sites for hydroxylation is 3. The van der Waals surface area contributed by atoms with E-state index >= 15 is 0 Å². The number of aromatic nitrogens is 4. The van der Waals surface area contributed by atoms with E-state index in [2.05, 4.69) is 15.5 Å². The largest absolute Gasteiger partial charge is 0.328 e. The van der Waals surface area contributed by atoms with Crippen molar-refractivity contribution in [3.8, 4) is 0 Å². The molecule has 142 valence electrons. The number of anilines is 1. The number of nitrogens with zero attached hydrogens (tertiary/aromatic N) is 4. The quantitative estimate of drug-likeness (QED) is 0.728. The normalized spacial score (nSPS) is 17.4. The zero-order chi connectivity index (χ0) is 19.1. The number of nitrogens with one attached hydrogen (secondary N) is 2. The van der Waals surface area contributed by atoms with E-state index in [-0.39, 0.29) is 17.6 Å². The lowest BCUT2D eigenvalue weighted by molar-refractivity contribution is 0.192. The highest BCUT2D eigenvalue weighted by atomic mass is 16.2. The molecule has 3 aromatic rings. The van der Waals surface area contributed by atoms with Crippen LogP contribution < -0.4 is 11.0 Å². The van der Waals surface area contributed by atoms with E-state index in [0.29, 0.717) is 6.54 Å². The predicted octanol–water partition coefficient (Wildman–Crippen LogP) is 2.32. The lowest BCUT2D eigenvalue weighted by atomic mass is 9.95. The van der Waals surface area contributed by atoms with Crippen LogP contribution in [0.2, 0.25) is 0 Å². The van der Waals surface area contributed by atoms with E-state index in [4.69, 9.17) is 0 Å². The number of amides is 2. The van der Waals surface area contributed by atoms with Gasteiger partial charge in [-0.15, -0.1) is 0 Å². The lowest BCUT2D eigenvalue weighted by Crippen LogP contribution is -2.41. The smallest absolute Gasteiger partial charge is 0.324 e. The average Bonchev–Trinajstić information content (AvgIpc) is 3.28. The minimum absolute atomic E-state index is 0.0775. The van der Waals surface area contributed by atoms with Gasteiger partial charge in [0.05, 0.1) is 11.0 Å². The van der Waals surface area contributed by atoms with Crippen LogP contribution in [0.15, 0.2) is 29.2 Å². The van der Waals surface area contributed by atoms with Crippen molar-refractivity contribution in [1.29, 1.82) is 0 Å². The molecule has 27 heavy (non-hydrogen) atoms. The van der Waals surface area contributed by atoms with Crippen molar-refractivity contribution in [2.24, 2.45) is 14.1 Å². The van der Waals surface area contributed by atoms with Crippen LogP contribution in [0.1, 0.15) is 30.0 Å². The number of rotatable bonds is 2. The molecule has 1 aliphatic rings. The summed E-state index contributed by atoms with van der Waals surface area (Å²) in [5.74, 6) is 0.283. The predicted molar refractivity (Wildman–Crippen MR) is 104 cm³/mol. The number of likely N-dealkylation sites (tertiary alicyclic amines) is 1. The molecule has 2 aromatic heterocycles. The summed E-state index contributed by atoms with van der Waals surface area (Å²) >= 11 is 0. The van der Waals surface area contributed by atoms with Crippen LogP contribution >= 0.6 is 0 Å². The number of fused-ring (bicyclic) bond motifs is 1. The fraction of sp³-hybridized carbons (Fsp3) is 0.421. The summed E-state index contributed by atoms with van der Waals surface area (Å²) in [6, 6.07) is 5.68. The Morgan fingerprint density at radius 1 is 1.26 bits per heavy atom. The van der Waals surface area contributed by atoms with Crippen LogP contribution in [0.5, 0.6) is 0 Å². The number of hydrogen-bond acceptors (Lipinski definition) is 3. The van der Waals surface area contributed by atoms with Gasteiger partial charge >= 0.3 is 11.7 Å². The summed E-state index contributed by atoms with van der Waals surface area (Å²) in [5.41, 5.74) is 4.32. The maximum Gasteiger partial charge on any atom is 0.328 e. The Balaban J connectivity index is 1.56. The summed E-state index contributed by atoms with van der Waals surface area (Å²) in [5, 5.41) is 10.1. The van der Waals surface area contributed by atoms with E-state index in [1.165, 1.54) is 0 Å². The fourth-order valence-electron chi connectivity index (χ4n) is 3.89. The maximum atomic E-state index is 12.8. The fourth-order valence-corrected chi connectivity index (χ4v) is 3.89. The molecule has 1 saturated heterocycles. The molecule has 2 N–H and O–H groups in total. The third kappa shape index (κ3) is 3.01. The van der Waals surface area contributed by atoms with Crippen LogP contribution in [0, 0.1) is 6.92 Å². The molecule has 0 bridgehead atoms. The number of carbonyl (C=O) groups is 1. The van der Waals surface area contributed by atoms with Gasteiger partial charge in [-0.2, -0.15) is 5.10 Å². The molecular weight excluding hydrogens is 344 g/mol. The topological polar surface area (TPSA) is 88.0 Å². The molecular formula is C19H24N6O2. The number of H-pyrrole nitrogens is 1. The van der Waals surface area contributed by atoms with Crippen molar-refractivity contribution in [2.45, 2.75) is 25.7 Å². The van der Waals surface area contributed by atoms with Crippen molar-refractivity contribution < 1.29 is 4.79 Å². The Morgan fingerprint density at radius 2 is 2.00 bits per heavy atom. The van der Waals surface area contributed by atoms with Crippen LogP contribution in [-0.4, -0.2) is 43.4 Å². The number of benzene rings is 1. The maximum absolute atomic E-state index is 12.8. The van der Waals surface area contributed by atoms with E-state index in [1.807, 2.05) is 30.0 Å².